The zero-order chi connectivity index (χ0) is 13.4. The van der Waals surface area contributed by atoms with Crippen LogP contribution in [0, 0.1) is 0 Å². The van der Waals surface area contributed by atoms with Gasteiger partial charge in [-0.05, 0) is 42.3 Å². The summed E-state index contributed by atoms with van der Waals surface area (Å²) in [5.74, 6) is 0.346. The first-order chi connectivity index (χ1) is 9.20. The number of rotatable bonds is 2. The highest BCUT2D eigenvalue weighted by Crippen LogP contribution is 2.45. The lowest BCUT2D eigenvalue weighted by Crippen LogP contribution is -2.13. The Morgan fingerprint density at radius 3 is 2.42 bits per heavy atom. The van der Waals surface area contributed by atoms with Gasteiger partial charge >= 0.3 is 0 Å². The Morgan fingerprint density at radius 1 is 1.00 bits per heavy atom. The minimum Gasteiger partial charge on any atom is -0.313 e. The Kier molecular flexibility index (Phi) is 3.53. The van der Waals surface area contributed by atoms with Crippen LogP contribution in [0.15, 0.2) is 42.5 Å². The third kappa shape index (κ3) is 2.27. The fraction of sp³-hybridized carbons (Fsp3) is 0.250. The van der Waals surface area contributed by atoms with Crippen LogP contribution in [0.1, 0.15) is 35.1 Å². The topological polar surface area (TPSA) is 12.0 Å². The van der Waals surface area contributed by atoms with E-state index in [2.05, 4.69) is 29.6 Å². The molecule has 0 aliphatic heterocycles. The van der Waals surface area contributed by atoms with Gasteiger partial charge in [0.15, 0.2) is 0 Å². The van der Waals surface area contributed by atoms with Crippen molar-refractivity contribution in [2.24, 2.45) is 0 Å². The summed E-state index contributed by atoms with van der Waals surface area (Å²) in [5.41, 5.74) is 3.91. The monoisotopic (exact) mass is 291 g/mol. The van der Waals surface area contributed by atoms with Crippen LogP contribution < -0.4 is 5.32 Å². The third-order valence-corrected chi connectivity index (χ3v) is 4.47. The molecule has 1 aliphatic carbocycles. The second-order valence-electron chi connectivity index (χ2n) is 4.92. The normalized spacial score (nSPS) is 21.4. The van der Waals surface area contributed by atoms with E-state index >= 15 is 0 Å². The Bertz CT molecular complexity index is 609. The summed E-state index contributed by atoms with van der Waals surface area (Å²) in [7, 11) is 2.01. The molecule has 3 rings (SSSR count). The lowest BCUT2D eigenvalue weighted by Gasteiger charge is -2.14. The molecule has 3 heteroatoms. The molecule has 0 saturated heterocycles. The average Bonchev–Trinajstić information content (AvgIpc) is 2.78. The van der Waals surface area contributed by atoms with Crippen LogP contribution in [0.2, 0.25) is 10.0 Å². The number of fused-ring (bicyclic) bond motifs is 1. The van der Waals surface area contributed by atoms with Crippen molar-refractivity contribution >= 4 is 23.2 Å². The maximum absolute atomic E-state index is 6.36. The van der Waals surface area contributed by atoms with E-state index in [-0.39, 0.29) is 0 Å². The van der Waals surface area contributed by atoms with Gasteiger partial charge in [-0.15, -0.1) is 0 Å². The lowest BCUT2D eigenvalue weighted by molar-refractivity contribution is 0.564. The smallest absolute Gasteiger partial charge is 0.0459 e. The number of hydrogen-bond acceptors (Lipinski definition) is 1. The first-order valence-corrected chi connectivity index (χ1v) is 7.17. The van der Waals surface area contributed by atoms with Crippen molar-refractivity contribution in [3.63, 3.8) is 0 Å². The molecule has 0 aromatic heterocycles. The first-order valence-electron chi connectivity index (χ1n) is 6.41. The van der Waals surface area contributed by atoms with Crippen molar-refractivity contribution in [2.75, 3.05) is 7.05 Å². The van der Waals surface area contributed by atoms with E-state index < -0.39 is 0 Å². The van der Waals surface area contributed by atoms with E-state index in [4.69, 9.17) is 23.2 Å². The molecule has 1 N–H and O–H groups in total. The van der Waals surface area contributed by atoms with Crippen LogP contribution in [0.4, 0.5) is 0 Å². The van der Waals surface area contributed by atoms with Crippen molar-refractivity contribution in [3.05, 3.63) is 69.2 Å². The standard InChI is InChI=1S/C16H15Cl2N/c1-19-16-9-14(11-4-2-3-5-13(11)16)12-7-6-10(17)8-15(12)18/h2-8,14,16,19H,9H2,1H3/t14-,16-/m0/s1. The quantitative estimate of drug-likeness (QED) is 0.839. The van der Waals surface area contributed by atoms with Crippen molar-refractivity contribution in [3.8, 4) is 0 Å². The highest BCUT2D eigenvalue weighted by molar-refractivity contribution is 6.35. The predicted octanol–water partition coefficient (Wildman–Crippen LogP) is 4.79. The molecule has 0 unspecified atom stereocenters. The molecular weight excluding hydrogens is 277 g/mol. The molecule has 2 aromatic rings. The third-order valence-electron chi connectivity index (χ3n) is 3.90. The van der Waals surface area contributed by atoms with E-state index in [0.717, 1.165) is 17.0 Å². The maximum Gasteiger partial charge on any atom is 0.0459 e. The summed E-state index contributed by atoms with van der Waals surface area (Å²) in [6.07, 6.45) is 1.04. The van der Waals surface area contributed by atoms with Crippen molar-refractivity contribution in [1.29, 1.82) is 0 Å². The molecule has 0 bridgehead atoms. The molecule has 98 valence electrons. The summed E-state index contributed by atoms with van der Waals surface area (Å²) in [5, 5.41) is 4.82. The Hall–Kier alpha value is -1.02. The molecule has 1 aliphatic rings. The molecule has 19 heavy (non-hydrogen) atoms. The van der Waals surface area contributed by atoms with Gasteiger partial charge < -0.3 is 5.32 Å². The van der Waals surface area contributed by atoms with Gasteiger partial charge in [0.1, 0.15) is 0 Å². The Balaban J connectivity index is 2.08. The van der Waals surface area contributed by atoms with Gasteiger partial charge in [-0.1, -0.05) is 53.5 Å². The lowest BCUT2D eigenvalue weighted by atomic mass is 9.93. The number of halogens is 2. The summed E-state index contributed by atoms with van der Waals surface area (Å²) < 4.78 is 0. The summed E-state index contributed by atoms with van der Waals surface area (Å²) in [4.78, 5) is 0. The van der Waals surface area contributed by atoms with Crippen molar-refractivity contribution < 1.29 is 0 Å². The molecule has 0 heterocycles. The molecule has 0 spiro atoms. The minimum absolute atomic E-state index is 0.346. The van der Waals surface area contributed by atoms with E-state index in [1.165, 1.54) is 11.1 Å². The van der Waals surface area contributed by atoms with Crippen LogP contribution in [0.3, 0.4) is 0 Å². The Labute approximate surface area is 123 Å². The van der Waals surface area contributed by atoms with E-state index in [0.29, 0.717) is 17.0 Å². The molecular formula is C16H15Cl2N. The number of benzene rings is 2. The zero-order valence-electron chi connectivity index (χ0n) is 10.7. The number of nitrogens with one attached hydrogen (secondary N) is 1. The van der Waals surface area contributed by atoms with Gasteiger partial charge in [0.05, 0.1) is 0 Å². The number of hydrogen-bond donors (Lipinski definition) is 1. The first kappa shape index (κ1) is 13.0. The second kappa shape index (κ2) is 5.16. The second-order valence-corrected chi connectivity index (χ2v) is 5.77. The van der Waals surface area contributed by atoms with E-state index in [9.17, 15) is 0 Å². The molecule has 2 aromatic carbocycles. The van der Waals surface area contributed by atoms with Gasteiger partial charge in [-0.2, -0.15) is 0 Å². The van der Waals surface area contributed by atoms with Crippen LogP contribution in [-0.2, 0) is 0 Å². The summed E-state index contributed by atoms with van der Waals surface area (Å²) in [6.45, 7) is 0. The van der Waals surface area contributed by atoms with Crippen LogP contribution in [0.25, 0.3) is 0 Å². The van der Waals surface area contributed by atoms with Crippen LogP contribution in [0.5, 0.6) is 0 Å². The van der Waals surface area contributed by atoms with Gasteiger partial charge in [0.25, 0.3) is 0 Å². The van der Waals surface area contributed by atoms with Crippen LogP contribution in [-0.4, -0.2) is 7.05 Å². The highest BCUT2D eigenvalue weighted by Gasteiger charge is 2.31. The molecule has 0 radical (unpaired) electrons. The van der Waals surface area contributed by atoms with Crippen molar-refractivity contribution in [1.82, 2.24) is 5.32 Å². The molecule has 0 saturated carbocycles. The van der Waals surface area contributed by atoms with E-state index in [1.54, 1.807) is 0 Å². The van der Waals surface area contributed by atoms with E-state index in [1.807, 2.05) is 25.2 Å². The minimum atomic E-state index is 0.346. The fourth-order valence-corrected chi connectivity index (χ4v) is 3.53. The highest BCUT2D eigenvalue weighted by atomic mass is 35.5. The summed E-state index contributed by atoms with van der Waals surface area (Å²) in [6, 6.07) is 14.8. The van der Waals surface area contributed by atoms with Crippen LogP contribution >= 0.6 is 23.2 Å². The van der Waals surface area contributed by atoms with Gasteiger partial charge in [0.2, 0.25) is 0 Å². The average molecular weight is 292 g/mol. The summed E-state index contributed by atoms with van der Waals surface area (Å²) >= 11 is 12.3. The molecule has 0 fully saturated rings. The Morgan fingerprint density at radius 2 is 1.74 bits per heavy atom. The van der Waals surface area contributed by atoms with Crippen molar-refractivity contribution in [2.45, 2.75) is 18.4 Å². The van der Waals surface area contributed by atoms with Gasteiger partial charge in [-0.25, -0.2) is 0 Å². The van der Waals surface area contributed by atoms with Gasteiger partial charge in [-0.3, -0.25) is 0 Å². The fourth-order valence-electron chi connectivity index (χ4n) is 2.99. The molecule has 0 amide bonds. The molecule has 2 atom stereocenters. The largest absolute Gasteiger partial charge is 0.313 e. The zero-order valence-corrected chi connectivity index (χ0v) is 12.2. The predicted molar refractivity (Wildman–Crippen MR) is 81.2 cm³/mol. The molecule has 1 nitrogen and oxygen atoms in total. The maximum atomic E-state index is 6.36. The SMILES string of the molecule is CN[C@H]1C[C@H](c2ccc(Cl)cc2Cl)c2ccccc21. The van der Waals surface area contributed by atoms with Gasteiger partial charge in [0, 0.05) is 22.0 Å².